The molecule has 0 aliphatic heterocycles. The number of nitrogens with zero attached hydrogens (tertiary/aromatic N) is 1. The Morgan fingerprint density at radius 1 is 1.24 bits per heavy atom. The van der Waals surface area contributed by atoms with E-state index in [1.54, 1.807) is 11.3 Å². The monoisotopic (exact) mass is 311 g/mol. The maximum atomic E-state index is 5.51. The quantitative estimate of drug-likeness (QED) is 0.892. The molecule has 1 heterocycles. The predicted octanol–water partition coefficient (Wildman–Crippen LogP) is 3.02. The number of rotatable bonds is 5. The van der Waals surface area contributed by atoms with Crippen molar-refractivity contribution in [3.8, 4) is 0 Å². The lowest BCUT2D eigenvalue weighted by Crippen LogP contribution is -2.03. The topological polar surface area (TPSA) is 50.9 Å². The molecule has 0 spiro atoms. The molecule has 0 amide bonds. The highest BCUT2D eigenvalue weighted by molar-refractivity contribution is 9.10. The van der Waals surface area contributed by atoms with E-state index in [2.05, 4.69) is 50.5 Å². The van der Waals surface area contributed by atoms with Gasteiger partial charge in [0.15, 0.2) is 5.13 Å². The molecule has 0 radical (unpaired) electrons. The van der Waals surface area contributed by atoms with Crippen molar-refractivity contribution in [3.05, 3.63) is 45.4 Å². The third kappa shape index (κ3) is 3.80. The fourth-order valence-corrected chi connectivity index (χ4v) is 2.65. The third-order valence-electron chi connectivity index (χ3n) is 2.38. The van der Waals surface area contributed by atoms with Gasteiger partial charge in [0.25, 0.3) is 0 Å². The van der Waals surface area contributed by atoms with E-state index in [0.29, 0.717) is 6.54 Å². The van der Waals surface area contributed by atoms with Crippen LogP contribution in [-0.4, -0.2) is 11.5 Å². The first-order valence-corrected chi connectivity index (χ1v) is 7.08. The molecule has 0 aliphatic rings. The largest absolute Gasteiger partial charge is 0.357 e. The molecule has 0 atom stereocenters. The number of nitrogens with two attached hydrogens (primary N) is 1. The van der Waals surface area contributed by atoms with E-state index in [0.717, 1.165) is 22.7 Å². The molecule has 0 saturated carbocycles. The summed E-state index contributed by atoms with van der Waals surface area (Å²) in [6, 6.07) is 8.50. The second kappa shape index (κ2) is 6.14. The second-order valence-electron chi connectivity index (χ2n) is 3.68. The van der Waals surface area contributed by atoms with E-state index in [4.69, 9.17) is 5.73 Å². The molecule has 0 unspecified atom stereocenters. The molecule has 2 rings (SSSR count). The average Bonchev–Trinajstić information content (AvgIpc) is 2.75. The summed E-state index contributed by atoms with van der Waals surface area (Å²) >= 11 is 4.93. The van der Waals surface area contributed by atoms with E-state index in [-0.39, 0.29) is 0 Å². The van der Waals surface area contributed by atoms with Gasteiger partial charge in [0.05, 0.1) is 0 Å². The highest BCUT2D eigenvalue weighted by Gasteiger charge is 1.99. The number of thiazole rings is 1. The van der Waals surface area contributed by atoms with E-state index in [1.807, 2.05) is 5.38 Å². The van der Waals surface area contributed by atoms with Crippen molar-refractivity contribution in [3.63, 3.8) is 0 Å². The lowest BCUT2D eigenvalue weighted by molar-refractivity contribution is 0.966. The van der Waals surface area contributed by atoms with Crippen LogP contribution < -0.4 is 11.1 Å². The van der Waals surface area contributed by atoms with Crippen LogP contribution in [-0.2, 0) is 13.0 Å². The molecule has 3 nitrogen and oxygen atoms in total. The van der Waals surface area contributed by atoms with Crippen LogP contribution in [0.15, 0.2) is 34.2 Å². The summed E-state index contributed by atoms with van der Waals surface area (Å²) in [4.78, 5) is 4.28. The minimum absolute atomic E-state index is 0.699. The van der Waals surface area contributed by atoms with Gasteiger partial charge in [-0.2, -0.15) is 0 Å². The number of hydrogen-bond acceptors (Lipinski definition) is 4. The summed E-state index contributed by atoms with van der Waals surface area (Å²) in [6.07, 6.45) is 0.938. The zero-order valence-corrected chi connectivity index (χ0v) is 11.7. The van der Waals surface area contributed by atoms with Crippen molar-refractivity contribution in [1.29, 1.82) is 0 Å². The number of aromatic nitrogens is 1. The molecule has 17 heavy (non-hydrogen) atoms. The van der Waals surface area contributed by atoms with Gasteiger partial charge in [-0.15, -0.1) is 11.3 Å². The molecule has 2 aromatic rings. The zero-order chi connectivity index (χ0) is 12.1. The molecular weight excluding hydrogens is 298 g/mol. The van der Waals surface area contributed by atoms with E-state index in [1.165, 1.54) is 11.1 Å². The fraction of sp³-hybridized carbons (Fsp3) is 0.250. The molecule has 1 aromatic carbocycles. The Morgan fingerprint density at radius 2 is 1.94 bits per heavy atom. The normalized spacial score (nSPS) is 10.5. The smallest absolute Gasteiger partial charge is 0.184 e. The van der Waals surface area contributed by atoms with Crippen LogP contribution in [0, 0.1) is 0 Å². The highest BCUT2D eigenvalue weighted by Crippen LogP contribution is 2.20. The van der Waals surface area contributed by atoms with E-state index < -0.39 is 0 Å². The Kier molecular flexibility index (Phi) is 4.53. The lowest BCUT2D eigenvalue weighted by atomic mass is 10.1. The SMILES string of the molecule is NCCc1ccc(CNc2nc(Br)cs2)cc1. The molecule has 0 saturated heterocycles. The van der Waals surface area contributed by atoms with Crippen LogP contribution in [0.5, 0.6) is 0 Å². The van der Waals surface area contributed by atoms with Gasteiger partial charge in [-0.3, -0.25) is 0 Å². The van der Waals surface area contributed by atoms with Gasteiger partial charge in [-0.25, -0.2) is 4.98 Å². The summed E-state index contributed by atoms with van der Waals surface area (Å²) in [5.41, 5.74) is 8.04. The summed E-state index contributed by atoms with van der Waals surface area (Å²) in [5.74, 6) is 0. The van der Waals surface area contributed by atoms with Crippen molar-refractivity contribution in [2.24, 2.45) is 5.73 Å². The van der Waals surface area contributed by atoms with Gasteiger partial charge in [0, 0.05) is 11.9 Å². The Hall–Kier alpha value is -0.910. The minimum Gasteiger partial charge on any atom is -0.357 e. The van der Waals surface area contributed by atoms with Crippen molar-refractivity contribution in [2.45, 2.75) is 13.0 Å². The van der Waals surface area contributed by atoms with Crippen LogP contribution in [0.3, 0.4) is 0 Å². The predicted molar refractivity (Wildman–Crippen MR) is 76.3 cm³/mol. The number of anilines is 1. The first kappa shape index (κ1) is 12.5. The van der Waals surface area contributed by atoms with Crippen molar-refractivity contribution in [1.82, 2.24) is 4.98 Å². The van der Waals surface area contributed by atoms with Crippen LogP contribution in [0.25, 0.3) is 0 Å². The first-order chi connectivity index (χ1) is 8.28. The van der Waals surface area contributed by atoms with Crippen LogP contribution in [0.4, 0.5) is 5.13 Å². The molecule has 90 valence electrons. The third-order valence-corrected chi connectivity index (χ3v) is 3.89. The van der Waals surface area contributed by atoms with E-state index >= 15 is 0 Å². The molecule has 5 heteroatoms. The molecule has 0 bridgehead atoms. The van der Waals surface area contributed by atoms with Gasteiger partial charge >= 0.3 is 0 Å². The summed E-state index contributed by atoms with van der Waals surface area (Å²) < 4.78 is 0.878. The van der Waals surface area contributed by atoms with Crippen molar-refractivity contribution in [2.75, 3.05) is 11.9 Å². The molecule has 0 aliphatic carbocycles. The summed E-state index contributed by atoms with van der Waals surface area (Å²) in [7, 11) is 0. The Labute approximate surface area is 113 Å². The van der Waals surface area contributed by atoms with Crippen LogP contribution in [0.1, 0.15) is 11.1 Å². The second-order valence-corrected chi connectivity index (χ2v) is 5.35. The summed E-state index contributed by atoms with van der Waals surface area (Å²) in [6.45, 7) is 1.49. The van der Waals surface area contributed by atoms with Crippen LogP contribution >= 0.6 is 27.3 Å². The molecule has 1 aromatic heterocycles. The Balaban J connectivity index is 1.90. The average molecular weight is 312 g/mol. The number of benzene rings is 1. The van der Waals surface area contributed by atoms with Gasteiger partial charge in [-0.05, 0) is 40.0 Å². The van der Waals surface area contributed by atoms with Gasteiger partial charge < -0.3 is 11.1 Å². The van der Waals surface area contributed by atoms with Crippen molar-refractivity contribution < 1.29 is 0 Å². The molecule has 3 N–H and O–H groups in total. The standard InChI is InChI=1S/C12H14BrN3S/c13-11-8-17-12(16-11)15-7-10-3-1-9(2-4-10)5-6-14/h1-4,8H,5-7,14H2,(H,15,16). The number of nitrogens with one attached hydrogen (secondary N) is 1. The van der Waals surface area contributed by atoms with Crippen molar-refractivity contribution >= 4 is 32.4 Å². The van der Waals surface area contributed by atoms with Gasteiger partial charge in [-0.1, -0.05) is 24.3 Å². The minimum atomic E-state index is 0.699. The number of hydrogen-bond donors (Lipinski definition) is 2. The maximum Gasteiger partial charge on any atom is 0.184 e. The lowest BCUT2D eigenvalue weighted by Gasteiger charge is -2.04. The highest BCUT2D eigenvalue weighted by atomic mass is 79.9. The van der Waals surface area contributed by atoms with Gasteiger partial charge in [0.1, 0.15) is 4.60 Å². The zero-order valence-electron chi connectivity index (χ0n) is 9.32. The van der Waals surface area contributed by atoms with E-state index in [9.17, 15) is 0 Å². The molecule has 0 fully saturated rings. The number of halogens is 1. The fourth-order valence-electron chi connectivity index (χ4n) is 1.50. The Morgan fingerprint density at radius 3 is 2.53 bits per heavy atom. The molecular formula is C12H14BrN3S. The maximum absolute atomic E-state index is 5.51. The summed E-state index contributed by atoms with van der Waals surface area (Å²) in [5, 5.41) is 6.18. The first-order valence-electron chi connectivity index (χ1n) is 5.40. The Bertz CT molecular complexity index is 467. The van der Waals surface area contributed by atoms with Gasteiger partial charge in [0.2, 0.25) is 0 Å². The van der Waals surface area contributed by atoms with Crippen LogP contribution in [0.2, 0.25) is 0 Å².